The highest BCUT2D eigenvalue weighted by molar-refractivity contribution is 7.13. The van der Waals surface area contributed by atoms with Crippen molar-refractivity contribution in [3.05, 3.63) is 69.9 Å². The third-order valence-electron chi connectivity index (χ3n) is 4.40. The molecule has 3 rings (SSSR count). The van der Waals surface area contributed by atoms with Crippen LogP contribution in [0.4, 0.5) is 5.13 Å². The van der Waals surface area contributed by atoms with Crippen molar-refractivity contribution < 1.29 is 4.79 Å². The van der Waals surface area contributed by atoms with Crippen molar-refractivity contribution in [1.82, 2.24) is 15.2 Å². The number of pyridine rings is 1. The van der Waals surface area contributed by atoms with Gasteiger partial charge in [-0.1, -0.05) is 67.1 Å². The summed E-state index contributed by atoms with van der Waals surface area (Å²) in [5, 5.41) is 11.6. The lowest BCUT2D eigenvalue weighted by Crippen LogP contribution is -2.37. The number of aryl methyl sites for hydroxylation is 1. The molecule has 1 aromatic carbocycles. The van der Waals surface area contributed by atoms with Crippen molar-refractivity contribution in [2.24, 2.45) is 5.41 Å². The average molecular weight is 387 g/mol. The van der Waals surface area contributed by atoms with Crippen LogP contribution in [-0.4, -0.2) is 21.1 Å². The van der Waals surface area contributed by atoms with Crippen LogP contribution in [0.25, 0.3) is 0 Å². The lowest BCUT2D eigenvalue weighted by molar-refractivity contribution is -0.124. The molecule has 0 aliphatic heterocycles. The summed E-state index contributed by atoms with van der Waals surface area (Å²) in [6, 6.07) is 11.8. The number of aromatic nitrogens is 3. The van der Waals surface area contributed by atoms with Crippen molar-refractivity contribution in [3.63, 3.8) is 0 Å². The largest absolute Gasteiger partial charge is 0.300 e. The predicted octanol–water partition coefficient (Wildman–Crippen LogP) is 4.69. The van der Waals surface area contributed by atoms with Crippen LogP contribution in [0.5, 0.6) is 0 Å². The van der Waals surface area contributed by atoms with Crippen LogP contribution in [0.3, 0.4) is 0 Å². The maximum absolute atomic E-state index is 13.0. The highest BCUT2D eigenvalue weighted by Crippen LogP contribution is 2.42. The minimum Gasteiger partial charge on any atom is -0.300 e. The molecule has 1 N–H and O–H groups in total. The van der Waals surface area contributed by atoms with Gasteiger partial charge in [-0.25, -0.2) is 0 Å². The van der Waals surface area contributed by atoms with Gasteiger partial charge in [0.1, 0.15) is 5.51 Å². The molecular formula is C19H19ClN4OS. The number of carbonyl (C=O) groups is 1. The summed E-state index contributed by atoms with van der Waals surface area (Å²) in [6.07, 6.45) is 1.79. The van der Waals surface area contributed by atoms with E-state index in [4.69, 9.17) is 11.6 Å². The molecule has 1 amide bonds. The maximum Gasteiger partial charge on any atom is 0.232 e. The van der Waals surface area contributed by atoms with Crippen molar-refractivity contribution in [3.8, 4) is 0 Å². The first-order chi connectivity index (χ1) is 12.4. The van der Waals surface area contributed by atoms with Gasteiger partial charge in [0.2, 0.25) is 11.0 Å². The van der Waals surface area contributed by atoms with Crippen LogP contribution in [0.1, 0.15) is 36.6 Å². The highest BCUT2D eigenvalue weighted by atomic mass is 35.5. The molecule has 0 spiro atoms. The van der Waals surface area contributed by atoms with Crippen LogP contribution < -0.4 is 5.32 Å². The maximum atomic E-state index is 13.0. The zero-order valence-electron chi connectivity index (χ0n) is 14.7. The van der Waals surface area contributed by atoms with Gasteiger partial charge < -0.3 is 5.32 Å². The number of rotatable bonds is 5. The first-order valence-corrected chi connectivity index (χ1v) is 9.40. The number of halogens is 1. The van der Waals surface area contributed by atoms with Crippen LogP contribution in [0, 0.1) is 12.3 Å². The Kier molecular flexibility index (Phi) is 5.34. The Morgan fingerprint density at radius 3 is 2.58 bits per heavy atom. The molecule has 7 heteroatoms. The first kappa shape index (κ1) is 18.5. The Balaban J connectivity index is 2.04. The van der Waals surface area contributed by atoms with E-state index in [1.807, 2.05) is 57.2 Å². The molecule has 0 saturated carbocycles. The van der Waals surface area contributed by atoms with E-state index >= 15 is 0 Å². The van der Waals surface area contributed by atoms with Crippen LogP contribution in [-0.2, 0) is 4.79 Å². The first-order valence-electron chi connectivity index (χ1n) is 8.14. The van der Waals surface area contributed by atoms with E-state index in [-0.39, 0.29) is 11.8 Å². The molecule has 0 aliphatic rings. The molecule has 1 unspecified atom stereocenters. The highest BCUT2D eigenvalue weighted by Gasteiger charge is 2.39. The Bertz CT molecular complexity index is 897. The van der Waals surface area contributed by atoms with E-state index in [0.717, 1.165) is 16.8 Å². The molecule has 0 aliphatic carbocycles. The molecule has 0 bridgehead atoms. The second kappa shape index (κ2) is 7.51. The quantitative estimate of drug-likeness (QED) is 0.690. The van der Waals surface area contributed by atoms with E-state index < -0.39 is 5.41 Å². The van der Waals surface area contributed by atoms with Crippen LogP contribution in [0.15, 0.2) is 48.1 Å². The SMILES string of the molecule is Cc1ncc(C(c2ccccc2)C(C)(C)C(=O)Nc2nncs2)cc1Cl. The van der Waals surface area contributed by atoms with Crippen LogP contribution >= 0.6 is 22.9 Å². The van der Waals surface area contributed by atoms with E-state index in [2.05, 4.69) is 20.5 Å². The number of nitrogens with zero attached hydrogens (tertiary/aromatic N) is 3. The van der Waals surface area contributed by atoms with Gasteiger partial charge in [0.05, 0.1) is 16.1 Å². The molecule has 0 saturated heterocycles. The van der Waals surface area contributed by atoms with Crippen molar-refractivity contribution >= 4 is 34.0 Å². The molecule has 2 heterocycles. The minimum atomic E-state index is -0.771. The van der Waals surface area contributed by atoms with Gasteiger partial charge in [-0.15, -0.1) is 10.2 Å². The smallest absolute Gasteiger partial charge is 0.232 e. The molecule has 0 radical (unpaired) electrons. The van der Waals surface area contributed by atoms with E-state index in [0.29, 0.717) is 10.2 Å². The van der Waals surface area contributed by atoms with E-state index in [9.17, 15) is 4.79 Å². The second-order valence-electron chi connectivity index (χ2n) is 6.60. The molecule has 0 fully saturated rings. The monoisotopic (exact) mass is 386 g/mol. The summed E-state index contributed by atoms with van der Waals surface area (Å²) in [5.41, 5.74) is 3.49. The summed E-state index contributed by atoms with van der Waals surface area (Å²) in [4.78, 5) is 17.4. The molecule has 26 heavy (non-hydrogen) atoms. The van der Waals surface area contributed by atoms with Gasteiger partial charge in [0.15, 0.2) is 0 Å². The zero-order valence-corrected chi connectivity index (χ0v) is 16.3. The number of hydrogen-bond acceptors (Lipinski definition) is 5. The fourth-order valence-corrected chi connectivity index (χ4v) is 3.58. The van der Waals surface area contributed by atoms with Crippen molar-refractivity contribution in [1.29, 1.82) is 0 Å². The van der Waals surface area contributed by atoms with E-state index in [1.165, 1.54) is 11.3 Å². The average Bonchev–Trinajstić information content (AvgIpc) is 3.12. The Morgan fingerprint density at radius 1 is 1.23 bits per heavy atom. The molecular weight excluding hydrogens is 368 g/mol. The third-order valence-corrected chi connectivity index (χ3v) is 5.39. The second-order valence-corrected chi connectivity index (χ2v) is 7.84. The van der Waals surface area contributed by atoms with Gasteiger partial charge >= 0.3 is 0 Å². The minimum absolute atomic E-state index is 0.139. The summed E-state index contributed by atoms with van der Waals surface area (Å²) < 4.78 is 0. The number of anilines is 1. The number of carbonyl (C=O) groups excluding carboxylic acids is 1. The normalized spacial score (nSPS) is 12.6. The number of amides is 1. The molecule has 1 atom stereocenters. The summed E-state index contributed by atoms with van der Waals surface area (Å²) in [7, 11) is 0. The fourth-order valence-electron chi connectivity index (χ4n) is 2.97. The predicted molar refractivity (Wildman–Crippen MR) is 105 cm³/mol. The molecule has 2 aromatic heterocycles. The summed E-state index contributed by atoms with van der Waals surface area (Å²) >= 11 is 7.60. The summed E-state index contributed by atoms with van der Waals surface area (Å²) in [5.74, 6) is -0.359. The van der Waals surface area contributed by atoms with E-state index in [1.54, 1.807) is 11.7 Å². The molecule has 134 valence electrons. The Hall–Kier alpha value is -2.31. The Morgan fingerprint density at radius 2 is 1.96 bits per heavy atom. The summed E-state index contributed by atoms with van der Waals surface area (Å²) in [6.45, 7) is 5.68. The van der Waals surface area contributed by atoms with Crippen LogP contribution in [0.2, 0.25) is 5.02 Å². The Labute approximate surface area is 161 Å². The van der Waals surface area contributed by atoms with Gasteiger partial charge in [-0.2, -0.15) is 0 Å². The number of benzene rings is 1. The fraction of sp³-hybridized carbons (Fsp3) is 0.263. The van der Waals surface area contributed by atoms with Gasteiger partial charge in [-0.3, -0.25) is 9.78 Å². The lowest BCUT2D eigenvalue weighted by Gasteiger charge is -2.33. The van der Waals surface area contributed by atoms with Gasteiger partial charge in [0, 0.05) is 12.1 Å². The number of nitrogens with one attached hydrogen (secondary N) is 1. The van der Waals surface area contributed by atoms with Gasteiger partial charge in [0.25, 0.3) is 0 Å². The topological polar surface area (TPSA) is 67.8 Å². The van der Waals surface area contributed by atoms with Gasteiger partial charge in [-0.05, 0) is 24.1 Å². The molecule has 5 nitrogen and oxygen atoms in total. The standard InChI is InChI=1S/C19H19ClN4OS/c1-12-15(20)9-14(10-21-12)16(13-7-5-4-6-8-13)19(2,3)17(25)23-18-24-22-11-26-18/h4-11,16H,1-3H3,(H,23,24,25). The lowest BCUT2D eigenvalue weighted by atomic mass is 9.71. The van der Waals surface area contributed by atoms with Crippen molar-refractivity contribution in [2.75, 3.05) is 5.32 Å². The zero-order chi connectivity index (χ0) is 18.7. The third kappa shape index (κ3) is 3.76. The number of hydrogen-bond donors (Lipinski definition) is 1. The molecule has 3 aromatic rings. The van der Waals surface area contributed by atoms with Crippen molar-refractivity contribution in [2.45, 2.75) is 26.7 Å².